The lowest BCUT2D eigenvalue weighted by atomic mass is 10.2. The second-order valence-electron chi connectivity index (χ2n) is 4.40. The first kappa shape index (κ1) is 12.4. The van der Waals surface area contributed by atoms with Crippen molar-refractivity contribution in [1.29, 1.82) is 0 Å². The van der Waals surface area contributed by atoms with Crippen molar-refractivity contribution in [3.05, 3.63) is 47.8 Å². The van der Waals surface area contributed by atoms with Crippen LogP contribution in [0, 0.1) is 13.8 Å². The zero-order chi connectivity index (χ0) is 11.3. The van der Waals surface area contributed by atoms with Gasteiger partial charge in [0.2, 0.25) is 11.2 Å². The molecule has 3 aromatic rings. The van der Waals surface area contributed by atoms with Crippen LogP contribution in [0.15, 0.2) is 36.5 Å². The summed E-state index contributed by atoms with van der Waals surface area (Å²) in [7, 11) is 2.13. The van der Waals surface area contributed by atoms with Crippen molar-refractivity contribution in [2.75, 3.05) is 0 Å². The number of hydrogen-bond donors (Lipinski definition) is 0. The van der Waals surface area contributed by atoms with E-state index in [1.165, 1.54) is 27.8 Å². The molecule has 3 rings (SSSR count). The van der Waals surface area contributed by atoms with Crippen molar-refractivity contribution in [3.63, 3.8) is 0 Å². The Morgan fingerprint density at radius 1 is 1.06 bits per heavy atom. The van der Waals surface area contributed by atoms with Crippen LogP contribution < -0.4 is 28.5 Å². The first-order chi connectivity index (χ1) is 7.68. The van der Waals surface area contributed by atoms with Gasteiger partial charge in [0.05, 0.1) is 0 Å². The number of aryl methyl sites for hydroxylation is 3. The van der Waals surface area contributed by atoms with Gasteiger partial charge in [0.15, 0.2) is 0 Å². The van der Waals surface area contributed by atoms with E-state index in [1.54, 1.807) is 0 Å². The second kappa shape index (κ2) is 4.29. The van der Waals surface area contributed by atoms with E-state index in [9.17, 15) is 0 Å². The van der Waals surface area contributed by atoms with Gasteiger partial charge in [-0.15, -0.1) is 0 Å². The Labute approximate surface area is 118 Å². The van der Waals surface area contributed by atoms with Crippen molar-refractivity contribution >= 4 is 16.6 Å². The Morgan fingerprint density at radius 2 is 1.82 bits per heavy atom. The second-order valence-corrected chi connectivity index (χ2v) is 4.40. The summed E-state index contributed by atoms with van der Waals surface area (Å²) in [6.07, 6.45) is 2.12. The van der Waals surface area contributed by atoms with Gasteiger partial charge in [-0.05, 0) is 30.7 Å². The van der Waals surface area contributed by atoms with Crippen molar-refractivity contribution in [2.24, 2.45) is 7.05 Å². The highest BCUT2D eigenvalue weighted by molar-refractivity contribution is 5.76. The van der Waals surface area contributed by atoms with E-state index in [-0.39, 0.29) is 24.0 Å². The Kier molecular flexibility index (Phi) is 3.12. The highest BCUT2D eigenvalue weighted by atomic mass is 127. The molecule has 0 unspecified atom stereocenters. The molecule has 0 bridgehead atoms. The predicted molar refractivity (Wildman–Crippen MR) is 65.6 cm³/mol. The molecular formula is C14H15IN2. The van der Waals surface area contributed by atoms with Crippen LogP contribution in [0.3, 0.4) is 0 Å². The molecule has 3 heteroatoms. The van der Waals surface area contributed by atoms with Crippen LogP contribution in [-0.2, 0) is 7.05 Å². The summed E-state index contributed by atoms with van der Waals surface area (Å²) in [4.78, 5) is 0. The number of fused-ring (bicyclic) bond motifs is 3. The van der Waals surface area contributed by atoms with Crippen LogP contribution >= 0.6 is 0 Å². The summed E-state index contributed by atoms with van der Waals surface area (Å²) in [5, 5.41) is 0. The number of nitrogens with zero attached hydrogens (tertiary/aromatic N) is 2. The van der Waals surface area contributed by atoms with E-state index >= 15 is 0 Å². The fraction of sp³-hybridized carbons (Fsp3) is 0.214. The molecule has 0 spiro atoms. The smallest absolute Gasteiger partial charge is 0.229 e. The first-order valence-corrected chi connectivity index (χ1v) is 5.54. The fourth-order valence-corrected chi connectivity index (χ4v) is 2.34. The van der Waals surface area contributed by atoms with Gasteiger partial charge in [0.1, 0.15) is 18.1 Å². The van der Waals surface area contributed by atoms with E-state index in [4.69, 9.17) is 0 Å². The normalized spacial score (nSPS) is 10.8. The highest BCUT2D eigenvalue weighted by Gasteiger charge is 2.14. The van der Waals surface area contributed by atoms with E-state index in [0.29, 0.717) is 0 Å². The third kappa shape index (κ3) is 1.73. The van der Waals surface area contributed by atoms with Gasteiger partial charge >= 0.3 is 0 Å². The van der Waals surface area contributed by atoms with Crippen LogP contribution in [0.1, 0.15) is 11.3 Å². The van der Waals surface area contributed by atoms with Crippen LogP contribution in [0.4, 0.5) is 0 Å². The van der Waals surface area contributed by atoms with Crippen molar-refractivity contribution in [2.45, 2.75) is 13.8 Å². The largest absolute Gasteiger partial charge is 1.00 e. The highest BCUT2D eigenvalue weighted by Crippen LogP contribution is 2.17. The Bertz CT molecular complexity index is 698. The third-order valence-corrected chi connectivity index (χ3v) is 3.37. The summed E-state index contributed by atoms with van der Waals surface area (Å²) < 4.78 is 4.52. The van der Waals surface area contributed by atoms with Crippen LogP contribution in [0.5, 0.6) is 0 Å². The number of rotatable bonds is 0. The van der Waals surface area contributed by atoms with Gasteiger partial charge in [0, 0.05) is 19.2 Å². The number of halogens is 1. The van der Waals surface area contributed by atoms with E-state index in [1.807, 2.05) is 0 Å². The van der Waals surface area contributed by atoms with E-state index in [2.05, 4.69) is 66.4 Å². The average Bonchev–Trinajstić information content (AvgIpc) is 2.75. The van der Waals surface area contributed by atoms with Gasteiger partial charge in [-0.25, -0.2) is 0 Å². The lowest BCUT2D eigenvalue weighted by molar-refractivity contribution is -0.650. The molecule has 0 aliphatic carbocycles. The topological polar surface area (TPSA) is 8.29 Å². The van der Waals surface area contributed by atoms with Gasteiger partial charge in [-0.1, -0.05) is 6.07 Å². The molecule has 17 heavy (non-hydrogen) atoms. The Hall–Kier alpha value is -1.10. The minimum atomic E-state index is 0. The molecule has 0 radical (unpaired) electrons. The summed E-state index contributed by atoms with van der Waals surface area (Å²) >= 11 is 0. The van der Waals surface area contributed by atoms with Crippen molar-refractivity contribution < 1.29 is 28.5 Å². The summed E-state index contributed by atoms with van der Waals surface area (Å²) in [6.45, 7) is 4.30. The lowest BCUT2D eigenvalue weighted by Gasteiger charge is -2.05. The molecule has 88 valence electrons. The zero-order valence-electron chi connectivity index (χ0n) is 10.2. The SMILES string of the molecule is Cc1ccc2c(c1)[n+](C)c(C)c1cccn12.[I-]. The number of benzene rings is 1. The maximum Gasteiger partial charge on any atom is 0.229 e. The van der Waals surface area contributed by atoms with Crippen LogP contribution in [-0.4, -0.2) is 4.40 Å². The molecule has 0 N–H and O–H groups in total. The lowest BCUT2D eigenvalue weighted by Crippen LogP contribution is -3.00. The first-order valence-electron chi connectivity index (χ1n) is 5.54. The maximum atomic E-state index is 2.26. The van der Waals surface area contributed by atoms with E-state index < -0.39 is 0 Å². The molecule has 0 saturated carbocycles. The van der Waals surface area contributed by atoms with Gasteiger partial charge < -0.3 is 28.4 Å². The fourth-order valence-electron chi connectivity index (χ4n) is 2.34. The minimum absolute atomic E-state index is 0. The van der Waals surface area contributed by atoms with Crippen LogP contribution in [0.25, 0.3) is 16.6 Å². The maximum absolute atomic E-state index is 2.26. The van der Waals surface area contributed by atoms with Gasteiger partial charge in [-0.3, -0.25) is 0 Å². The number of aromatic nitrogens is 2. The summed E-state index contributed by atoms with van der Waals surface area (Å²) in [5.74, 6) is 0. The average molecular weight is 338 g/mol. The molecule has 2 heterocycles. The van der Waals surface area contributed by atoms with Gasteiger partial charge in [0.25, 0.3) is 0 Å². The van der Waals surface area contributed by atoms with Crippen molar-refractivity contribution in [3.8, 4) is 0 Å². The molecule has 2 aromatic heterocycles. The molecule has 1 aromatic carbocycles. The molecule has 0 atom stereocenters. The molecule has 0 amide bonds. The molecular weight excluding hydrogens is 323 g/mol. The van der Waals surface area contributed by atoms with Crippen molar-refractivity contribution in [1.82, 2.24) is 4.40 Å². The molecule has 0 saturated heterocycles. The third-order valence-electron chi connectivity index (χ3n) is 3.37. The number of hydrogen-bond acceptors (Lipinski definition) is 0. The molecule has 0 aliphatic rings. The molecule has 0 fully saturated rings. The minimum Gasteiger partial charge on any atom is -1.00 e. The molecule has 0 aliphatic heterocycles. The monoisotopic (exact) mass is 338 g/mol. The summed E-state index contributed by atoms with van der Waals surface area (Å²) in [5.41, 5.74) is 6.41. The zero-order valence-corrected chi connectivity index (χ0v) is 12.4. The van der Waals surface area contributed by atoms with Crippen LogP contribution in [0.2, 0.25) is 0 Å². The standard InChI is InChI=1S/C14H15N2.HI/c1-10-6-7-13-14(9-10)15(3)11(2)12-5-4-8-16(12)13;/h4-9H,1-3H3;1H/q+1;/p-1. The molecule has 2 nitrogen and oxygen atoms in total. The quantitative estimate of drug-likeness (QED) is 0.387. The van der Waals surface area contributed by atoms with Gasteiger partial charge in [-0.2, -0.15) is 4.57 Å². The predicted octanol–water partition coefficient (Wildman–Crippen LogP) is -0.462. The Balaban J connectivity index is 0.00000108. The Morgan fingerprint density at radius 3 is 2.59 bits per heavy atom. The van der Waals surface area contributed by atoms with E-state index in [0.717, 1.165) is 0 Å². The summed E-state index contributed by atoms with van der Waals surface area (Å²) in [6, 6.07) is 10.9.